The summed E-state index contributed by atoms with van der Waals surface area (Å²) in [5.74, 6) is -0.914. The maximum absolute atomic E-state index is 12.9. The normalized spacial score (nSPS) is 25.2. The SMILES string of the molecule is CCOC(=O)[C@H]1[C@@H]2COc3ccccc3[C@H]2N[C@H]1C(=O)OCc1ccccc1. The average Bonchev–Trinajstić information content (AvgIpc) is 3.13. The van der Waals surface area contributed by atoms with Gasteiger partial charge < -0.3 is 14.2 Å². The fourth-order valence-corrected chi connectivity index (χ4v) is 4.03. The number of nitrogens with one attached hydrogen (secondary N) is 1. The molecule has 0 radical (unpaired) electrons. The highest BCUT2D eigenvalue weighted by molar-refractivity contribution is 5.86. The smallest absolute Gasteiger partial charge is 0.324 e. The summed E-state index contributed by atoms with van der Waals surface area (Å²) in [4.78, 5) is 25.5. The van der Waals surface area contributed by atoms with E-state index in [0.29, 0.717) is 6.61 Å². The number of esters is 2. The van der Waals surface area contributed by atoms with Gasteiger partial charge in [-0.1, -0.05) is 48.5 Å². The van der Waals surface area contributed by atoms with Crippen LogP contribution in [0.25, 0.3) is 0 Å². The largest absolute Gasteiger partial charge is 0.493 e. The van der Waals surface area contributed by atoms with Gasteiger partial charge in [0.25, 0.3) is 0 Å². The topological polar surface area (TPSA) is 73.9 Å². The molecule has 0 unspecified atom stereocenters. The van der Waals surface area contributed by atoms with E-state index in [1.54, 1.807) is 6.92 Å². The molecule has 0 amide bonds. The third kappa shape index (κ3) is 3.47. The maximum atomic E-state index is 12.9. The Morgan fingerprint density at radius 3 is 2.57 bits per heavy atom. The lowest BCUT2D eigenvalue weighted by Crippen LogP contribution is -2.42. The lowest BCUT2D eigenvalue weighted by atomic mass is 9.83. The molecule has 6 heteroatoms. The summed E-state index contributed by atoms with van der Waals surface area (Å²) in [5, 5.41) is 3.32. The van der Waals surface area contributed by atoms with Gasteiger partial charge in [-0.15, -0.1) is 0 Å². The second-order valence-electron chi connectivity index (χ2n) is 7.01. The van der Waals surface area contributed by atoms with E-state index >= 15 is 0 Å². The molecular formula is C22H23NO5. The quantitative estimate of drug-likeness (QED) is 0.803. The van der Waals surface area contributed by atoms with Crippen molar-refractivity contribution in [3.63, 3.8) is 0 Å². The van der Waals surface area contributed by atoms with Gasteiger partial charge in [-0.3, -0.25) is 14.9 Å². The van der Waals surface area contributed by atoms with E-state index in [1.165, 1.54) is 0 Å². The fraction of sp³-hybridized carbons (Fsp3) is 0.364. The predicted octanol–water partition coefficient (Wildman–Crippen LogP) is 2.63. The zero-order valence-corrected chi connectivity index (χ0v) is 15.7. The van der Waals surface area contributed by atoms with Crippen LogP contribution in [-0.2, 0) is 25.7 Å². The molecule has 2 heterocycles. The van der Waals surface area contributed by atoms with Crippen molar-refractivity contribution in [1.29, 1.82) is 0 Å². The molecule has 28 heavy (non-hydrogen) atoms. The third-order valence-electron chi connectivity index (χ3n) is 5.33. The average molecular weight is 381 g/mol. The van der Waals surface area contributed by atoms with Crippen molar-refractivity contribution in [2.24, 2.45) is 11.8 Å². The molecule has 146 valence electrons. The van der Waals surface area contributed by atoms with Gasteiger partial charge in [-0.2, -0.15) is 0 Å². The molecule has 1 saturated heterocycles. The van der Waals surface area contributed by atoms with Crippen LogP contribution in [0.1, 0.15) is 24.1 Å². The zero-order chi connectivity index (χ0) is 19.5. The molecule has 0 aromatic heterocycles. The molecule has 6 nitrogen and oxygen atoms in total. The van der Waals surface area contributed by atoms with Crippen molar-refractivity contribution in [2.75, 3.05) is 13.2 Å². The van der Waals surface area contributed by atoms with Gasteiger partial charge >= 0.3 is 11.9 Å². The molecule has 0 bridgehead atoms. The van der Waals surface area contributed by atoms with Gasteiger partial charge in [-0.25, -0.2) is 0 Å². The van der Waals surface area contributed by atoms with Crippen LogP contribution in [0.3, 0.4) is 0 Å². The first-order valence-corrected chi connectivity index (χ1v) is 9.54. The second kappa shape index (κ2) is 8.02. The highest BCUT2D eigenvalue weighted by atomic mass is 16.5. The van der Waals surface area contributed by atoms with Gasteiger partial charge in [0.15, 0.2) is 0 Å². The molecular weight excluding hydrogens is 358 g/mol. The molecule has 0 saturated carbocycles. The van der Waals surface area contributed by atoms with E-state index in [0.717, 1.165) is 16.9 Å². The summed E-state index contributed by atoms with van der Waals surface area (Å²) in [5.41, 5.74) is 1.85. The molecule has 2 aliphatic rings. The van der Waals surface area contributed by atoms with Crippen molar-refractivity contribution >= 4 is 11.9 Å². The third-order valence-corrected chi connectivity index (χ3v) is 5.33. The van der Waals surface area contributed by atoms with Crippen molar-refractivity contribution in [3.8, 4) is 5.75 Å². The number of ether oxygens (including phenoxy) is 3. The number of hydrogen-bond acceptors (Lipinski definition) is 6. The lowest BCUT2D eigenvalue weighted by molar-refractivity contribution is -0.158. The number of rotatable bonds is 5. The molecule has 0 aliphatic carbocycles. The molecule has 0 spiro atoms. The summed E-state index contributed by atoms with van der Waals surface area (Å²) in [7, 11) is 0. The van der Waals surface area contributed by atoms with Gasteiger partial charge in [0.2, 0.25) is 0 Å². The van der Waals surface area contributed by atoms with E-state index in [-0.39, 0.29) is 25.2 Å². The Hall–Kier alpha value is -2.86. The standard InChI is InChI=1S/C22H23NO5/c1-2-26-21(24)18-16-13-27-17-11-7-6-10-15(17)19(16)23-20(18)22(25)28-12-14-8-4-3-5-9-14/h3-11,16,18-20,23H,2,12-13H2,1H3/t16-,18-,19+,20+/m0/s1. The Morgan fingerprint density at radius 1 is 1.04 bits per heavy atom. The van der Waals surface area contributed by atoms with Crippen LogP contribution in [0.2, 0.25) is 0 Å². The first kappa shape index (κ1) is 18.5. The first-order chi connectivity index (χ1) is 13.7. The van der Waals surface area contributed by atoms with Crippen LogP contribution in [-0.4, -0.2) is 31.2 Å². The molecule has 1 fully saturated rings. The Morgan fingerprint density at radius 2 is 1.79 bits per heavy atom. The molecule has 4 rings (SSSR count). The number of hydrogen-bond donors (Lipinski definition) is 1. The minimum Gasteiger partial charge on any atom is -0.493 e. The van der Waals surface area contributed by atoms with E-state index in [9.17, 15) is 9.59 Å². The first-order valence-electron chi connectivity index (χ1n) is 9.54. The van der Waals surface area contributed by atoms with Crippen molar-refractivity contribution < 1.29 is 23.8 Å². The highest BCUT2D eigenvalue weighted by Crippen LogP contribution is 2.45. The Kier molecular flexibility index (Phi) is 5.30. The maximum Gasteiger partial charge on any atom is 0.324 e. The van der Waals surface area contributed by atoms with Crippen molar-refractivity contribution in [3.05, 3.63) is 65.7 Å². The monoisotopic (exact) mass is 381 g/mol. The molecule has 4 atom stereocenters. The number of carbonyl (C=O) groups excluding carboxylic acids is 2. The molecule has 2 aliphatic heterocycles. The van der Waals surface area contributed by atoms with E-state index in [1.807, 2.05) is 54.6 Å². The Labute approximate surface area is 163 Å². The van der Waals surface area contributed by atoms with Crippen LogP contribution >= 0.6 is 0 Å². The summed E-state index contributed by atoms with van der Waals surface area (Å²) in [6.07, 6.45) is 0. The molecule has 2 aromatic rings. The lowest BCUT2D eigenvalue weighted by Gasteiger charge is -2.30. The minimum absolute atomic E-state index is 0.159. The van der Waals surface area contributed by atoms with Crippen LogP contribution in [0, 0.1) is 11.8 Å². The summed E-state index contributed by atoms with van der Waals surface area (Å²) in [6, 6.07) is 16.2. The van der Waals surface area contributed by atoms with Crippen molar-refractivity contribution in [1.82, 2.24) is 5.32 Å². The molecule has 2 aromatic carbocycles. The molecule has 1 N–H and O–H groups in total. The summed E-state index contributed by atoms with van der Waals surface area (Å²) >= 11 is 0. The van der Waals surface area contributed by atoms with Crippen LogP contribution < -0.4 is 10.1 Å². The van der Waals surface area contributed by atoms with Gasteiger partial charge in [0.1, 0.15) is 18.4 Å². The van der Waals surface area contributed by atoms with Crippen LogP contribution in [0.15, 0.2) is 54.6 Å². The minimum atomic E-state index is -0.771. The fourth-order valence-electron chi connectivity index (χ4n) is 4.03. The summed E-state index contributed by atoms with van der Waals surface area (Å²) in [6.45, 7) is 2.53. The van der Waals surface area contributed by atoms with E-state index in [4.69, 9.17) is 14.2 Å². The number of para-hydroxylation sites is 1. The van der Waals surface area contributed by atoms with Gasteiger partial charge in [0.05, 0.1) is 19.1 Å². The highest BCUT2D eigenvalue weighted by Gasteiger charge is 2.54. The number of benzene rings is 2. The Balaban J connectivity index is 1.56. The number of fused-ring (bicyclic) bond motifs is 3. The van der Waals surface area contributed by atoms with Gasteiger partial charge in [-0.05, 0) is 18.6 Å². The van der Waals surface area contributed by atoms with E-state index < -0.39 is 23.9 Å². The Bertz CT molecular complexity index is 853. The predicted molar refractivity (Wildman–Crippen MR) is 101 cm³/mol. The number of carbonyl (C=O) groups is 2. The zero-order valence-electron chi connectivity index (χ0n) is 15.7. The summed E-state index contributed by atoms with van der Waals surface area (Å²) < 4.78 is 16.6. The van der Waals surface area contributed by atoms with Gasteiger partial charge in [0, 0.05) is 17.5 Å². The second-order valence-corrected chi connectivity index (χ2v) is 7.01. The van der Waals surface area contributed by atoms with Crippen LogP contribution in [0.4, 0.5) is 0 Å². The van der Waals surface area contributed by atoms with E-state index in [2.05, 4.69) is 5.32 Å². The van der Waals surface area contributed by atoms with Crippen LogP contribution in [0.5, 0.6) is 5.75 Å². The van der Waals surface area contributed by atoms with Crippen molar-refractivity contribution in [2.45, 2.75) is 25.6 Å².